The van der Waals surface area contributed by atoms with Crippen LogP contribution in [0.1, 0.15) is 41.4 Å². The molecule has 2 aromatic carbocycles. The van der Waals surface area contributed by atoms with Crippen molar-refractivity contribution in [3.05, 3.63) is 99.5 Å². The van der Waals surface area contributed by atoms with Gasteiger partial charge in [-0.15, -0.1) is 0 Å². The molecule has 0 aliphatic heterocycles. The van der Waals surface area contributed by atoms with Crippen LogP contribution in [0.5, 0.6) is 5.75 Å². The molecular formula is C26H24Cl2FN3O3. The highest BCUT2D eigenvalue weighted by atomic mass is 35.5. The first-order chi connectivity index (χ1) is 17.0. The summed E-state index contributed by atoms with van der Waals surface area (Å²) in [5, 5.41) is 10.3. The molecule has 0 aliphatic carbocycles. The number of nitrogens with zero attached hydrogens (tertiary/aromatic N) is 3. The van der Waals surface area contributed by atoms with Crippen molar-refractivity contribution in [3.63, 3.8) is 0 Å². The SMILES string of the molecule is OCc1nccn1CCCCc1ccc(OCc2coc(/C=C/c3ccc(Cl)cc3F)n2)cc1Cl. The second kappa shape index (κ2) is 12.0. The van der Waals surface area contributed by atoms with Crippen LogP contribution in [-0.4, -0.2) is 19.6 Å². The minimum absolute atomic E-state index is 0.0595. The number of hydrogen-bond donors (Lipinski definition) is 1. The molecule has 0 saturated carbocycles. The van der Waals surface area contributed by atoms with Crippen molar-refractivity contribution < 1.29 is 18.7 Å². The van der Waals surface area contributed by atoms with Gasteiger partial charge in [-0.2, -0.15) is 0 Å². The van der Waals surface area contributed by atoms with Crippen molar-refractivity contribution in [3.8, 4) is 5.75 Å². The molecule has 0 amide bonds. The van der Waals surface area contributed by atoms with E-state index < -0.39 is 5.82 Å². The summed E-state index contributed by atoms with van der Waals surface area (Å²) in [6.07, 6.45) is 11.0. The van der Waals surface area contributed by atoms with Crippen LogP contribution >= 0.6 is 23.2 Å². The topological polar surface area (TPSA) is 73.3 Å². The molecule has 0 bridgehead atoms. The fourth-order valence-corrected chi connectivity index (χ4v) is 3.96. The van der Waals surface area contributed by atoms with E-state index in [0.29, 0.717) is 38.8 Å². The van der Waals surface area contributed by atoms with Gasteiger partial charge >= 0.3 is 0 Å². The molecule has 9 heteroatoms. The number of benzene rings is 2. The number of aryl methyl sites for hydroxylation is 2. The Morgan fingerprint density at radius 1 is 1.11 bits per heavy atom. The molecule has 4 rings (SSSR count). The first kappa shape index (κ1) is 25.0. The summed E-state index contributed by atoms with van der Waals surface area (Å²) in [5.74, 6) is 1.23. The zero-order valence-electron chi connectivity index (χ0n) is 18.8. The third-order valence-corrected chi connectivity index (χ3v) is 5.97. The molecule has 2 heterocycles. The van der Waals surface area contributed by atoms with E-state index in [-0.39, 0.29) is 13.2 Å². The number of hydrogen-bond acceptors (Lipinski definition) is 5. The Hall–Kier alpha value is -3.13. The molecule has 2 aromatic heterocycles. The quantitative estimate of drug-likeness (QED) is 0.228. The molecule has 0 radical (unpaired) electrons. The Bertz CT molecular complexity index is 1300. The number of rotatable bonds is 11. The normalized spacial score (nSPS) is 11.4. The molecule has 0 atom stereocenters. The van der Waals surface area contributed by atoms with Gasteiger partial charge in [-0.3, -0.25) is 0 Å². The van der Waals surface area contributed by atoms with Gasteiger partial charge in [0.25, 0.3) is 0 Å². The Labute approximate surface area is 212 Å². The van der Waals surface area contributed by atoms with Gasteiger partial charge in [-0.05, 0) is 55.2 Å². The Morgan fingerprint density at radius 3 is 2.80 bits per heavy atom. The van der Waals surface area contributed by atoms with Crippen molar-refractivity contribution in [2.24, 2.45) is 0 Å². The Morgan fingerprint density at radius 2 is 2.00 bits per heavy atom. The van der Waals surface area contributed by atoms with E-state index in [0.717, 1.165) is 31.4 Å². The number of aliphatic hydroxyl groups excluding tert-OH is 1. The van der Waals surface area contributed by atoms with E-state index in [2.05, 4.69) is 9.97 Å². The van der Waals surface area contributed by atoms with Crippen LogP contribution in [0.4, 0.5) is 4.39 Å². The number of imidazole rings is 1. The molecule has 6 nitrogen and oxygen atoms in total. The van der Waals surface area contributed by atoms with Crippen LogP contribution in [0.25, 0.3) is 12.2 Å². The number of halogens is 3. The third-order valence-electron chi connectivity index (χ3n) is 5.39. The number of unbranched alkanes of at least 4 members (excludes halogenated alkanes) is 1. The summed E-state index contributed by atoms with van der Waals surface area (Å²) in [6, 6.07) is 10.1. The van der Waals surface area contributed by atoms with Gasteiger partial charge in [0.2, 0.25) is 5.89 Å². The molecule has 4 aromatic rings. The summed E-state index contributed by atoms with van der Waals surface area (Å²) in [6.45, 7) is 0.953. The summed E-state index contributed by atoms with van der Waals surface area (Å²) in [4.78, 5) is 8.44. The van der Waals surface area contributed by atoms with Crippen LogP contribution in [0.15, 0.2) is 59.5 Å². The monoisotopic (exact) mass is 515 g/mol. The molecule has 0 saturated heterocycles. The first-order valence-corrected chi connectivity index (χ1v) is 11.9. The van der Waals surface area contributed by atoms with Crippen LogP contribution in [0, 0.1) is 5.82 Å². The number of oxazole rings is 1. The third kappa shape index (κ3) is 6.94. The number of aromatic nitrogens is 3. The lowest BCUT2D eigenvalue weighted by atomic mass is 10.1. The van der Waals surface area contributed by atoms with Gasteiger partial charge in [0.15, 0.2) is 0 Å². The lowest BCUT2D eigenvalue weighted by Gasteiger charge is -2.09. The summed E-state index contributed by atoms with van der Waals surface area (Å²) in [5.41, 5.74) is 2.04. The highest BCUT2D eigenvalue weighted by Crippen LogP contribution is 2.25. The largest absolute Gasteiger partial charge is 0.487 e. The fourth-order valence-electron chi connectivity index (χ4n) is 3.53. The highest BCUT2D eigenvalue weighted by molar-refractivity contribution is 6.31. The maximum absolute atomic E-state index is 13.9. The molecule has 35 heavy (non-hydrogen) atoms. The second-order valence-corrected chi connectivity index (χ2v) is 8.71. The fraction of sp³-hybridized carbons (Fsp3) is 0.231. The van der Waals surface area contributed by atoms with E-state index in [1.165, 1.54) is 12.3 Å². The van der Waals surface area contributed by atoms with Crippen LogP contribution in [-0.2, 0) is 26.2 Å². The standard InChI is InChI=1S/C26H24Cl2FN3O3/c27-20-7-4-19(24(29)13-20)6-9-26-31-21(17-35-26)16-34-22-8-5-18(23(28)14-22)3-1-2-11-32-12-10-30-25(32)15-33/h4-10,12-14,17,33H,1-3,11,15-16H2/b9-6+. The van der Waals surface area contributed by atoms with Crippen LogP contribution in [0.3, 0.4) is 0 Å². The van der Waals surface area contributed by atoms with Crippen molar-refractivity contribution >= 4 is 35.4 Å². The Balaban J connectivity index is 1.25. The molecule has 0 unspecified atom stereocenters. The van der Waals surface area contributed by atoms with E-state index in [4.69, 9.17) is 32.4 Å². The average molecular weight is 516 g/mol. The van der Waals surface area contributed by atoms with Crippen molar-refractivity contribution in [2.75, 3.05) is 0 Å². The highest BCUT2D eigenvalue weighted by Gasteiger charge is 2.07. The van der Waals surface area contributed by atoms with Crippen molar-refractivity contribution in [1.29, 1.82) is 0 Å². The van der Waals surface area contributed by atoms with Gasteiger partial charge in [0.1, 0.15) is 42.6 Å². The lowest BCUT2D eigenvalue weighted by molar-refractivity contribution is 0.264. The van der Waals surface area contributed by atoms with Gasteiger partial charge in [0, 0.05) is 40.6 Å². The maximum atomic E-state index is 13.9. The molecular weight excluding hydrogens is 492 g/mol. The van der Waals surface area contributed by atoms with Gasteiger partial charge in [-0.25, -0.2) is 14.4 Å². The molecule has 0 aliphatic rings. The zero-order chi connectivity index (χ0) is 24.6. The number of ether oxygens (including phenoxy) is 1. The lowest BCUT2D eigenvalue weighted by Crippen LogP contribution is -2.03. The van der Waals surface area contributed by atoms with E-state index in [1.807, 2.05) is 22.9 Å². The summed E-state index contributed by atoms with van der Waals surface area (Å²) >= 11 is 12.2. The Kier molecular flexibility index (Phi) is 8.58. The number of aliphatic hydroxyl groups is 1. The predicted molar refractivity (Wildman–Crippen MR) is 134 cm³/mol. The van der Waals surface area contributed by atoms with Gasteiger partial charge < -0.3 is 18.8 Å². The smallest absolute Gasteiger partial charge is 0.218 e. The second-order valence-electron chi connectivity index (χ2n) is 7.87. The van der Waals surface area contributed by atoms with Gasteiger partial charge in [-0.1, -0.05) is 35.3 Å². The van der Waals surface area contributed by atoms with E-state index in [1.54, 1.807) is 36.5 Å². The molecule has 0 fully saturated rings. The predicted octanol–water partition coefficient (Wildman–Crippen LogP) is 6.58. The minimum Gasteiger partial charge on any atom is -0.487 e. The summed E-state index contributed by atoms with van der Waals surface area (Å²) in [7, 11) is 0. The molecule has 182 valence electrons. The van der Waals surface area contributed by atoms with Gasteiger partial charge in [0.05, 0.1) is 0 Å². The van der Waals surface area contributed by atoms with Crippen molar-refractivity contribution in [1.82, 2.24) is 14.5 Å². The average Bonchev–Trinajstić information content (AvgIpc) is 3.50. The first-order valence-electron chi connectivity index (χ1n) is 11.1. The summed E-state index contributed by atoms with van der Waals surface area (Å²) < 4.78 is 27.0. The van der Waals surface area contributed by atoms with E-state index >= 15 is 0 Å². The van der Waals surface area contributed by atoms with Crippen LogP contribution in [0.2, 0.25) is 10.0 Å². The zero-order valence-corrected chi connectivity index (χ0v) is 20.3. The maximum Gasteiger partial charge on any atom is 0.218 e. The minimum atomic E-state index is -0.418. The molecule has 1 N–H and O–H groups in total. The molecule has 0 spiro atoms. The van der Waals surface area contributed by atoms with Crippen LogP contribution < -0.4 is 4.74 Å². The van der Waals surface area contributed by atoms with Crippen molar-refractivity contribution in [2.45, 2.75) is 39.0 Å². The van der Waals surface area contributed by atoms with E-state index in [9.17, 15) is 9.50 Å².